The molecule has 0 saturated carbocycles. The van der Waals surface area contributed by atoms with Crippen molar-refractivity contribution in [3.05, 3.63) is 63.7 Å². The molecule has 2 rings (SSSR count). The molecule has 0 radical (unpaired) electrons. The van der Waals surface area contributed by atoms with Gasteiger partial charge >= 0.3 is 0 Å². The fraction of sp³-hybridized carbons (Fsp3) is 0.294. The van der Waals surface area contributed by atoms with Crippen LogP contribution in [0.2, 0.25) is 0 Å². The fourth-order valence-corrected chi connectivity index (χ4v) is 3.87. The Hall–Kier alpha value is -1.47. The normalized spacial score (nSPS) is 13.4. The number of rotatable bonds is 9. The van der Waals surface area contributed by atoms with Crippen LogP contribution in [0.5, 0.6) is 0 Å². The standard InChI is InChI=1S/C17H21NO3S2/c19-11-7-16(17-8-12-22-14-17)6-10-18-23(20,21)13-9-15-4-2-1-3-5-15/h1-5,8-9,12-14,16,18-19H,6-7,10-11H2. The Balaban J connectivity index is 1.87. The van der Waals surface area contributed by atoms with E-state index in [0.717, 1.165) is 11.1 Å². The molecule has 0 aliphatic heterocycles. The largest absolute Gasteiger partial charge is 0.396 e. The van der Waals surface area contributed by atoms with Crippen LogP contribution in [0, 0.1) is 0 Å². The molecule has 0 aliphatic carbocycles. The van der Waals surface area contributed by atoms with E-state index in [1.165, 1.54) is 5.41 Å². The maximum absolute atomic E-state index is 12.0. The number of hydrogen-bond donors (Lipinski definition) is 2. The number of aliphatic hydroxyl groups excluding tert-OH is 1. The molecule has 0 bridgehead atoms. The first-order chi connectivity index (χ1) is 11.1. The Bertz CT molecular complexity index is 695. The summed E-state index contributed by atoms with van der Waals surface area (Å²) in [5.74, 6) is 0.173. The van der Waals surface area contributed by atoms with Crippen molar-refractivity contribution < 1.29 is 13.5 Å². The van der Waals surface area contributed by atoms with Gasteiger partial charge in [0.2, 0.25) is 10.0 Å². The molecule has 1 unspecified atom stereocenters. The molecule has 23 heavy (non-hydrogen) atoms. The molecule has 2 N–H and O–H groups in total. The van der Waals surface area contributed by atoms with Crippen molar-refractivity contribution in [1.82, 2.24) is 4.72 Å². The predicted molar refractivity (Wildman–Crippen MR) is 95.8 cm³/mol. The number of aliphatic hydroxyl groups is 1. The molecule has 124 valence electrons. The van der Waals surface area contributed by atoms with E-state index in [4.69, 9.17) is 5.11 Å². The van der Waals surface area contributed by atoms with E-state index in [2.05, 4.69) is 4.72 Å². The van der Waals surface area contributed by atoms with Crippen LogP contribution in [-0.4, -0.2) is 26.7 Å². The molecular weight excluding hydrogens is 330 g/mol. The lowest BCUT2D eigenvalue weighted by Gasteiger charge is -2.14. The third kappa shape index (κ3) is 6.27. The zero-order valence-corrected chi connectivity index (χ0v) is 14.4. The van der Waals surface area contributed by atoms with Gasteiger partial charge in [0.05, 0.1) is 0 Å². The number of hydrogen-bond acceptors (Lipinski definition) is 4. The van der Waals surface area contributed by atoms with Gasteiger partial charge in [0.1, 0.15) is 0 Å². The lowest BCUT2D eigenvalue weighted by Crippen LogP contribution is -2.24. The van der Waals surface area contributed by atoms with E-state index in [9.17, 15) is 8.42 Å². The van der Waals surface area contributed by atoms with Crippen LogP contribution in [-0.2, 0) is 10.0 Å². The molecule has 0 spiro atoms. The summed E-state index contributed by atoms with van der Waals surface area (Å²) in [6.45, 7) is 0.448. The summed E-state index contributed by atoms with van der Waals surface area (Å²) in [4.78, 5) is 0. The van der Waals surface area contributed by atoms with Gasteiger partial charge in [-0.2, -0.15) is 11.3 Å². The van der Waals surface area contributed by atoms with Crippen molar-refractivity contribution in [3.8, 4) is 0 Å². The third-order valence-corrected chi connectivity index (χ3v) is 5.33. The van der Waals surface area contributed by atoms with E-state index in [1.54, 1.807) is 17.4 Å². The maximum atomic E-state index is 12.0. The average molecular weight is 351 g/mol. The van der Waals surface area contributed by atoms with Crippen molar-refractivity contribution in [1.29, 1.82) is 0 Å². The summed E-state index contributed by atoms with van der Waals surface area (Å²) in [5.41, 5.74) is 2.00. The van der Waals surface area contributed by atoms with Crippen molar-refractivity contribution in [2.45, 2.75) is 18.8 Å². The van der Waals surface area contributed by atoms with E-state index in [1.807, 2.05) is 47.2 Å². The van der Waals surface area contributed by atoms with Crippen molar-refractivity contribution in [2.24, 2.45) is 0 Å². The third-order valence-electron chi connectivity index (χ3n) is 3.53. The van der Waals surface area contributed by atoms with Crippen LogP contribution in [0.25, 0.3) is 6.08 Å². The van der Waals surface area contributed by atoms with E-state index in [0.29, 0.717) is 19.4 Å². The summed E-state index contributed by atoms with van der Waals surface area (Å²) in [5, 5.41) is 14.4. The van der Waals surface area contributed by atoms with E-state index < -0.39 is 10.0 Å². The number of sulfonamides is 1. The minimum atomic E-state index is -3.45. The fourth-order valence-electron chi connectivity index (χ4n) is 2.30. The highest BCUT2D eigenvalue weighted by Crippen LogP contribution is 2.24. The zero-order valence-electron chi connectivity index (χ0n) is 12.8. The highest BCUT2D eigenvalue weighted by molar-refractivity contribution is 7.92. The van der Waals surface area contributed by atoms with Crippen LogP contribution in [0.4, 0.5) is 0 Å². The van der Waals surface area contributed by atoms with Crippen molar-refractivity contribution in [3.63, 3.8) is 0 Å². The van der Waals surface area contributed by atoms with E-state index >= 15 is 0 Å². The van der Waals surface area contributed by atoms with Gasteiger partial charge in [0.15, 0.2) is 0 Å². The first-order valence-electron chi connectivity index (χ1n) is 7.46. The summed E-state index contributed by atoms with van der Waals surface area (Å²) >= 11 is 1.61. The van der Waals surface area contributed by atoms with Gasteiger partial charge in [-0.15, -0.1) is 0 Å². The summed E-state index contributed by atoms with van der Waals surface area (Å²) in [7, 11) is -3.45. The molecule has 1 aromatic heterocycles. The van der Waals surface area contributed by atoms with Crippen molar-refractivity contribution in [2.75, 3.05) is 13.2 Å². The van der Waals surface area contributed by atoms with Gasteiger partial charge in [-0.1, -0.05) is 30.3 Å². The molecule has 0 fully saturated rings. The van der Waals surface area contributed by atoms with Gasteiger partial charge in [-0.25, -0.2) is 13.1 Å². The Morgan fingerprint density at radius 1 is 1.17 bits per heavy atom. The lowest BCUT2D eigenvalue weighted by molar-refractivity contribution is 0.273. The van der Waals surface area contributed by atoms with E-state index in [-0.39, 0.29) is 12.5 Å². The van der Waals surface area contributed by atoms with Gasteiger partial charge < -0.3 is 5.11 Å². The molecule has 0 saturated heterocycles. The zero-order chi connectivity index (χ0) is 16.5. The van der Waals surface area contributed by atoms with Crippen LogP contribution >= 0.6 is 11.3 Å². The molecule has 1 atom stereocenters. The van der Waals surface area contributed by atoms with Gasteiger partial charge in [-0.05, 0) is 52.8 Å². The van der Waals surface area contributed by atoms with Crippen LogP contribution < -0.4 is 4.72 Å². The second-order valence-electron chi connectivity index (χ2n) is 5.21. The molecule has 1 heterocycles. The maximum Gasteiger partial charge on any atom is 0.233 e. The second kappa shape index (κ2) is 8.98. The Kier molecular flexibility index (Phi) is 6.98. The molecule has 2 aromatic rings. The Labute approximate surface area is 141 Å². The van der Waals surface area contributed by atoms with Crippen molar-refractivity contribution >= 4 is 27.4 Å². The number of nitrogens with one attached hydrogen (secondary N) is 1. The topological polar surface area (TPSA) is 66.4 Å². The summed E-state index contributed by atoms with van der Waals surface area (Å²) in [6.07, 6.45) is 2.88. The molecule has 6 heteroatoms. The lowest BCUT2D eigenvalue weighted by atomic mass is 9.95. The number of thiophene rings is 1. The second-order valence-corrected chi connectivity index (χ2v) is 7.64. The first kappa shape index (κ1) is 17.9. The highest BCUT2D eigenvalue weighted by Gasteiger charge is 2.13. The molecule has 1 aromatic carbocycles. The van der Waals surface area contributed by atoms with Gasteiger partial charge in [0, 0.05) is 18.6 Å². The molecule has 0 aliphatic rings. The minimum Gasteiger partial charge on any atom is -0.396 e. The monoisotopic (exact) mass is 351 g/mol. The average Bonchev–Trinajstić information content (AvgIpc) is 3.07. The number of benzene rings is 1. The first-order valence-corrected chi connectivity index (χ1v) is 9.95. The quantitative estimate of drug-likeness (QED) is 0.729. The minimum absolute atomic E-state index is 0.0984. The smallest absolute Gasteiger partial charge is 0.233 e. The van der Waals surface area contributed by atoms with Gasteiger partial charge in [-0.3, -0.25) is 0 Å². The molecule has 0 amide bonds. The SMILES string of the molecule is O=S(=O)(C=Cc1ccccc1)NCCC(CCO)c1ccsc1. The van der Waals surface area contributed by atoms with Crippen LogP contribution in [0.1, 0.15) is 29.9 Å². The van der Waals surface area contributed by atoms with Crippen LogP contribution in [0.3, 0.4) is 0 Å². The molecular formula is C17H21NO3S2. The summed E-state index contributed by atoms with van der Waals surface area (Å²) in [6, 6.07) is 11.3. The Morgan fingerprint density at radius 3 is 2.61 bits per heavy atom. The highest BCUT2D eigenvalue weighted by atomic mass is 32.2. The Morgan fingerprint density at radius 2 is 1.96 bits per heavy atom. The summed E-state index contributed by atoms with van der Waals surface area (Å²) < 4.78 is 26.6. The predicted octanol–water partition coefficient (Wildman–Crippen LogP) is 3.19. The molecule has 4 nitrogen and oxygen atoms in total. The van der Waals surface area contributed by atoms with Crippen LogP contribution in [0.15, 0.2) is 52.6 Å². The van der Waals surface area contributed by atoms with Gasteiger partial charge in [0.25, 0.3) is 0 Å².